The van der Waals surface area contributed by atoms with Crippen LogP contribution in [0.5, 0.6) is 5.75 Å². The largest absolute Gasteiger partial charge is 0.492 e. The number of halogens is 1. The Bertz CT molecular complexity index is 761. The van der Waals surface area contributed by atoms with E-state index in [2.05, 4.69) is 15.5 Å². The van der Waals surface area contributed by atoms with Crippen LogP contribution in [0, 0.1) is 0 Å². The fraction of sp³-hybridized carbons (Fsp3) is 0.333. The number of ether oxygens (including phenoxy) is 1. The highest BCUT2D eigenvalue weighted by atomic mass is 35.5. The Balaban J connectivity index is 1.65. The van der Waals surface area contributed by atoms with Crippen molar-refractivity contribution in [3.8, 4) is 5.75 Å². The van der Waals surface area contributed by atoms with Gasteiger partial charge in [0.2, 0.25) is 5.91 Å². The molecule has 7 heteroatoms. The zero-order valence-electron chi connectivity index (χ0n) is 16.2. The molecule has 0 aliphatic heterocycles. The monoisotopic (exact) mass is 403 g/mol. The van der Waals surface area contributed by atoms with E-state index in [1.807, 2.05) is 38.4 Å². The van der Waals surface area contributed by atoms with Crippen LogP contribution in [0.1, 0.15) is 22.3 Å². The van der Waals surface area contributed by atoms with Gasteiger partial charge < -0.3 is 20.3 Å². The Morgan fingerprint density at radius 1 is 1.00 bits per heavy atom. The highest BCUT2D eigenvalue weighted by molar-refractivity contribution is 6.30. The zero-order chi connectivity index (χ0) is 20.4. The van der Waals surface area contributed by atoms with Gasteiger partial charge in [0.25, 0.3) is 5.91 Å². The number of nitrogens with one attached hydrogen (secondary N) is 2. The molecule has 0 fully saturated rings. The standard InChI is InChI=1S/C21H26ClN3O3/c1-25(2)13-14-28-19-9-3-16(4-10-19)15-24-20(26)11-12-23-21(27)17-5-7-18(22)8-6-17/h3-10H,11-15H2,1-2H3,(H,23,27)(H,24,26). The molecular formula is C21H26ClN3O3. The Hall–Kier alpha value is -2.57. The van der Waals surface area contributed by atoms with Gasteiger partial charge in [0, 0.05) is 36.6 Å². The normalized spacial score (nSPS) is 10.6. The minimum absolute atomic E-state index is 0.122. The summed E-state index contributed by atoms with van der Waals surface area (Å²) < 4.78 is 5.64. The fourth-order valence-corrected chi connectivity index (χ4v) is 2.46. The molecule has 2 N–H and O–H groups in total. The summed E-state index contributed by atoms with van der Waals surface area (Å²) in [7, 11) is 4.00. The van der Waals surface area contributed by atoms with Crippen molar-refractivity contribution in [1.82, 2.24) is 15.5 Å². The summed E-state index contributed by atoms with van der Waals surface area (Å²) in [6.07, 6.45) is 0.213. The lowest BCUT2D eigenvalue weighted by molar-refractivity contribution is -0.121. The number of carbonyl (C=O) groups is 2. The molecule has 2 aromatic carbocycles. The molecule has 0 radical (unpaired) electrons. The van der Waals surface area contributed by atoms with E-state index in [1.165, 1.54) is 0 Å². The fourth-order valence-electron chi connectivity index (χ4n) is 2.33. The first-order valence-corrected chi connectivity index (χ1v) is 9.49. The number of likely N-dealkylation sites (N-methyl/N-ethyl adjacent to an activating group) is 1. The van der Waals surface area contributed by atoms with Gasteiger partial charge in [-0.3, -0.25) is 9.59 Å². The Morgan fingerprint density at radius 2 is 1.68 bits per heavy atom. The molecule has 0 heterocycles. The summed E-state index contributed by atoms with van der Waals surface area (Å²) in [6.45, 7) is 2.19. The first-order valence-electron chi connectivity index (χ1n) is 9.11. The maximum Gasteiger partial charge on any atom is 0.251 e. The van der Waals surface area contributed by atoms with Crippen molar-refractivity contribution in [3.63, 3.8) is 0 Å². The van der Waals surface area contributed by atoms with Crippen LogP contribution in [-0.2, 0) is 11.3 Å². The van der Waals surface area contributed by atoms with Gasteiger partial charge in [0.15, 0.2) is 0 Å². The predicted molar refractivity (Wildman–Crippen MR) is 111 cm³/mol. The smallest absolute Gasteiger partial charge is 0.251 e. The minimum Gasteiger partial charge on any atom is -0.492 e. The zero-order valence-corrected chi connectivity index (χ0v) is 17.0. The highest BCUT2D eigenvalue weighted by Crippen LogP contribution is 2.12. The van der Waals surface area contributed by atoms with Crippen molar-refractivity contribution in [2.45, 2.75) is 13.0 Å². The number of hydrogen-bond donors (Lipinski definition) is 2. The first-order chi connectivity index (χ1) is 13.4. The lowest BCUT2D eigenvalue weighted by Crippen LogP contribution is -2.30. The summed E-state index contributed by atoms with van der Waals surface area (Å²) >= 11 is 5.80. The summed E-state index contributed by atoms with van der Waals surface area (Å²) in [4.78, 5) is 26.0. The third-order valence-electron chi connectivity index (χ3n) is 3.96. The summed E-state index contributed by atoms with van der Waals surface area (Å²) in [5.74, 6) is 0.457. The van der Waals surface area contributed by atoms with Gasteiger partial charge in [-0.25, -0.2) is 0 Å². The van der Waals surface area contributed by atoms with E-state index < -0.39 is 0 Å². The molecule has 0 bridgehead atoms. The van der Waals surface area contributed by atoms with E-state index >= 15 is 0 Å². The van der Waals surface area contributed by atoms with Crippen molar-refractivity contribution in [2.75, 3.05) is 33.8 Å². The van der Waals surface area contributed by atoms with Gasteiger partial charge in [-0.05, 0) is 56.1 Å². The van der Waals surface area contributed by atoms with Gasteiger partial charge in [-0.1, -0.05) is 23.7 Å². The lowest BCUT2D eigenvalue weighted by atomic mass is 10.2. The van der Waals surface area contributed by atoms with E-state index in [9.17, 15) is 9.59 Å². The third-order valence-corrected chi connectivity index (χ3v) is 4.22. The molecule has 0 saturated carbocycles. The van der Waals surface area contributed by atoms with Crippen molar-refractivity contribution < 1.29 is 14.3 Å². The number of nitrogens with zero attached hydrogens (tertiary/aromatic N) is 1. The Kier molecular flexibility index (Phi) is 8.78. The van der Waals surface area contributed by atoms with E-state index in [0.717, 1.165) is 17.9 Å². The van der Waals surface area contributed by atoms with Crippen LogP contribution in [0.4, 0.5) is 0 Å². The molecule has 0 unspecified atom stereocenters. The molecule has 0 atom stereocenters. The van der Waals surface area contributed by atoms with E-state index in [4.69, 9.17) is 16.3 Å². The average Bonchev–Trinajstić information content (AvgIpc) is 2.67. The summed E-state index contributed by atoms with van der Waals surface area (Å²) in [6, 6.07) is 14.2. The van der Waals surface area contributed by atoms with Crippen molar-refractivity contribution in [3.05, 3.63) is 64.7 Å². The highest BCUT2D eigenvalue weighted by Gasteiger charge is 2.07. The molecule has 0 aliphatic carbocycles. The second kappa shape index (κ2) is 11.3. The van der Waals surface area contributed by atoms with E-state index in [-0.39, 0.29) is 24.8 Å². The quantitative estimate of drug-likeness (QED) is 0.640. The maximum atomic E-state index is 12.0. The van der Waals surface area contributed by atoms with Gasteiger partial charge >= 0.3 is 0 Å². The number of carbonyl (C=O) groups excluding carboxylic acids is 2. The van der Waals surface area contributed by atoms with Gasteiger partial charge in [0.05, 0.1) is 0 Å². The van der Waals surface area contributed by atoms with Gasteiger partial charge in [0.1, 0.15) is 12.4 Å². The molecule has 0 spiro atoms. The molecule has 2 amide bonds. The Morgan fingerprint density at radius 3 is 2.32 bits per heavy atom. The van der Waals surface area contributed by atoms with Crippen LogP contribution in [0.3, 0.4) is 0 Å². The van der Waals surface area contributed by atoms with Crippen LogP contribution in [-0.4, -0.2) is 50.5 Å². The van der Waals surface area contributed by atoms with Crippen molar-refractivity contribution >= 4 is 23.4 Å². The van der Waals surface area contributed by atoms with Crippen LogP contribution < -0.4 is 15.4 Å². The SMILES string of the molecule is CN(C)CCOc1ccc(CNC(=O)CCNC(=O)c2ccc(Cl)cc2)cc1. The summed E-state index contributed by atoms with van der Waals surface area (Å²) in [5.41, 5.74) is 1.50. The minimum atomic E-state index is -0.227. The Labute approximate surface area is 170 Å². The van der Waals surface area contributed by atoms with Gasteiger partial charge in [-0.15, -0.1) is 0 Å². The molecule has 28 heavy (non-hydrogen) atoms. The maximum absolute atomic E-state index is 12.0. The molecule has 2 rings (SSSR count). The van der Waals surface area contributed by atoms with Crippen LogP contribution in [0.15, 0.2) is 48.5 Å². The molecule has 2 aromatic rings. The number of rotatable bonds is 10. The molecule has 0 saturated heterocycles. The first kappa shape index (κ1) is 21.7. The number of hydrogen-bond acceptors (Lipinski definition) is 4. The van der Waals surface area contributed by atoms with E-state index in [0.29, 0.717) is 23.7 Å². The van der Waals surface area contributed by atoms with Gasteiger partial charge in [-0.2, -0.15) is 0 Å². The molecule has 0 aromatic heterocycles. The van der Waals surface area contributed by atoms with Crippen LogP contribution in [0.2, 0.25) is 5.02 Å². The van der Waals surface area contributed by atoms with E-state index in [1.54, 1.807) is 24.3 Å². The van der Waals surface area contributed by atoms with Crippen molar-refractivity contribution in [1.29, 1.82) is 0 Å². The third kappa shape index (κ3) is 7.98. The number of amides is 2. The average molecular weight is 404 g/mol. The molecular weight excluding hydrogens is 378 g/mol. The molecule has 0 aliphatic rings. The van der Waals surface area contributed by atoms with Crippen LogP contribution >= 0.6 is 11.6 Å². The number of benzene rings is 2. The lowest BCUT2D eigenvalue weighted by Gasteiger charge is -2.11. The second-order valence-electron chi connectivity index (χ2n) is 6.59. The van der Waals surface area contributed by atoms with Crippen LogP contribution in [0.25, 0.3) is 0 Å². The predicted octanol–water partition coefficient (Wildman–Crippen LogP) is 2.72. The topological polar surface area (TPSA) is 70.7 Å². The van der Waals surface area contributed by atoms with Crippen molar-refractivity contribution in [2.24, 2.45) is 0 Å². The molecule has 150 valence electrons. The second-order valence-corrected chi connectivity index (χ2v) is 7.02. The summed E-state index contributed by atoms with van der Waals surface area (Å²) in [5, 5.41) is 6.14. The molecule has 6 nitrogen and oxygen atoms in total.